The molecule has 2 nitrogen and oxygen atoms in total. The van der Waals surface area contributed by atoms with Gasteiger partial charge in [0.25, 0.3) is 0 Å². The van der Waals surface area contributed by atoms with Crippen LogP contribution in [0.25, 0.3) is 6.08 Å². The van der Waals surface area contributed by atoms with Gasteiger partial charge >= 0.3 is 0 Å². The molecule has 3 rings (SSSR count). The number of unbranched alkanes of at least 4 members (excludes halogenated alkanes) is 10. The van der Waals surface area contributed by atoms with Gasteiger partial charge in [-0.25, -0.2) is 0 Å². The lowest BCUT2D eigenvalue weighted by atomic mass is 10.0. The van der Waals surface area contributed by atoms with Crippen molar-refractivity contribution in [3.05, 3.63) is 64.1 Å². The highest BCUT2D eigenvalue weighted by Gasteiger charge is 2.26. The average Bonchev–Trinajstić information content (AvgIpc) is 3.18. The number of ether oxygens (including phenoxy) is 1. The Labute approximate surface area is 225 Å². The molecule has 4 heteroatoms. The Kier molecular flexibility index (Phi) is 13.0. The molecule has 0 unspecified atom stereocenters. The number of allylic oxidation sites excluding steroid dienone is 1. The van der Waals surface area contributed by atoms with Crippen LogP contribution in [-0.2, 0) is 6.42 Å². The summed E-state index contributed by atoms with van der Waals surface area (Å²) in [5, 5.41) is 1.13. The van der Waals surface area contributed by atoms with E-state index in [2.05, 4.69) is 41.1 Å². The molecule has 190 valence electrons. The Morgan fingerprint density at radius 1 is 0.829 bits per heavy atom. The highest BCUT2D eigenvalue weighted by Crippen LogP contribution is 2.41. The highest BCUT2D eigenvalue weighted by atomic mass is 79.9. The molecule has 0 fully saturated rings. The molecule has 1 aliphatic rings. The summed E-state index contributed by atoms with van der Waals surface area (Å²) in [7, 11) is 0. The Balaban J connectivity index is 1.40. The Bertz CT molecular complexity index is 935. The molecule has 35 heavy (non-hydrogen) atoms. The summed E-state index contributed by atoms with van der Waals surface area (Å²) in [6.45, 7) is 3.01. The van der Waals surface area contributed by atoms with E-state index < -0.39 is 0 Å². The van der Waals surface area contributed by atoms with Crippen LogP contribution in [0.1, 0.15) is 105 Å². The van der Waals surface area contributed by atoms with E-state index in [-0.39, 0.29) is 5.78 Å². The van der Waals surface area contributed by atoms with E-state index in [1.54, 1.807) is 11.8 Å². The minimum atomic E-state index is 0.156. The van der Waals surface area contributed by atoms with Gasteiger partial charge in [-0.15, -0.1) is 0 Å². The van der Waals surface area contributed by atoms with Crippen LogP contribution in [0.2, 0.25) is 0 Å². The van der Waals surface area contributed by atoms with Crippen molar-refractivity contribution in [3.8, 4) is 5.75 Å². The van der Waals surface area contributed by atoms with E-state index >= 15 is 0 Å². The number of ketones is 1. The molecule has 0 saturated carbocycles. The van der Waals surface area contributed by atoms with E-state index in [1.165, 1.54) is 76.2 Å². The number of fused-ring (bicyclic) bond motifs is 1. The number of halogens is 1. The van der Waals surface area contributed by atoms with E-state index in [0.29, 0.717) is 0 Å². The fraction of sp³-hybridized carbons (Fsp3) is 0.516. The van der Waals surface area contributed by atoms with E-state index in [1.807, 2.05) is 30.3 Å². The smallest absolute Gasteiger partial charge is 0.200 e. The van der Waals surface area contributed by atoms with Crippen molar-refractivity contribution in [2.45, 2.75) is 95.3 Å². The molecule has 0 aromatic heterocycles. The van der Waals surface area contributed by atoms with Gasteiger partial charge in [0.1, 0.15) is 5.75 Å². The molecule has 0 bridgehead atoms. The third-order valence-corrected chi connectivity index (χ3v) is 8.19. The second kappa shape index (κ2) is 16.3. The number of carbonyl (C=O) groups is 1. The lowest BCUT2D eigenvalue weighted by Crippen LogP contribution is -1.97. The summed E-state index contributed by atoms with van der Waals surface area (Å²) < 4.78 is 5.92. The Hall–Kier alpha value is -1.52. The van der Waals surface area contributed by atoms with Gasteiger partial charge in [0.2, 0.25) is 5.78 Å². The first-order chi connectivity index (χ1) is 17.2. The zero-order valence-corrected chi connectivity index (χ0v) is 23.7. The van der Waals surface area contributed by atoms with Crippen LogP contribution < -0.4 is 4.74 Å². The standard InChI is InChI=1S/C31H41BrO2S/c1-2-3-4-11-14-25-17-20-29-28(23-25)31(33)30(35-29)24-26-15-18-27(19-16-26)34-22-13-10-8-6-5-7-9-12-21-32/h15-20,23-24H,2-14,21-22H2,1H3/b30-24+. The van der Waals surface area contributed by atoms with Crippen molar-refractivity contribution in [2.24, 2.45) is 0 Å². The number of hydrogen-bond acceptors (Lipinski definition) is 3. The average molecular weight is 558 g/mol. The first-order valence-electron chi connectivity index (χ1n) is 13.6. The Morgan fingerprint density at radius 2 is 1.51 bits per heavy atom. The fourth-order valence-electron chi connectivity index (χ4n) is 4.41. The highest BCUT2D eigenvalue weighted by molar-refractivity contribution is 9.09. The molecule has 1 heterocycles. The molecule has 0 amide bonds. The van der Waals surface area contributed by atoms with Gasteiger partial charge in [0, 0.05) is 15.8 Å². The predicted octanol–water partition coefficient (Wildman–Crippen LogP) is 10.0. The number of alkyl halides is 1. The molecule has 2 aromatic rings. The van der Waals surface area contributed by atoms with Crippen LogP contribution in [-0.4, -0.2) is 17.7 Å². The van der Waals surface area contributed by atoms with Gasteiger partial charge < -0.3 is 4.74 Å². The number of hydrogen-bond donors (Lipinski definition) is 0. The first kappa shape index (κ1) is 28.1. The molecule has 2 aromatic carbocycles. The molecule has 0 N–H and O–H groups in total. The number of thioether (sulfide) groups is 1. The normalized spacial score (nSPS) is 14.0. The van der Waals surface area contributed by atoms with Crippen LogP contribution in [0.15, 0.2) is 52.3 Å². The zero-order chi connectivity index (χ0) is 24.7. The second-order valence-corrected chi connectivity index (χ2v) is 11.4. The fourth-order valence-corrected chi connectivity index (χ4v) is 5.84. The minimum absolute atomic E-state index is 0.156. The van der Waals surface area contributed by atoms with Crippen LogP contribution in [0.4, 0.5) is 0 Å². The van der Waals surface area contributed by atoms with Gasteiger partial charge in [-0.1, -0.05) is 111 Å². The summed E-state index contributed by atoms with van der Waals surface area (Å²) >= 11 is 5.08. The molecule has 0 aliphatic carbocycles. The predicted molar refractivity (Wildman–Crippen MR) is 155 cm³/mol. The van der Waals surface area contributed by atoms with Gasteiger partial charge in [0.05, 0.1) is 11.5 Å². The zero-order valence-electron chi connectivity index (χ0n) is 21.3. The third-order valence-electron chi connectivity index (χ3n) is 6.53. The van der Waals surface area contributed by atoms with E-state index in [0.717, 1.165) is 51.5 Å². The van der Waals surface area contributed by atoms with E-state index in [9.17, 15) is 4.79 Å². The second-order valence-electron chi connectivity index (χ2n) is 9.52. The van der Waals surface area contributed by atoms with Crippen LogP contribution in [0, 0.1) is 0 Å². The number of carbonyl (C=O) groups excluding carboxylic acids is 1. The molecule has 1 aliphatic heterocycles. The quantitative estimate of drug-likeness (QED) is 0.110. The molecular formula is C31H41BrO2S. The Morgan fingerprint density at radius 3 is 2.23 bits per heavy atom. The van der Waals surface area contributed by atoms with Crippen molar-refractivity contribution in [1.29, 1.82) is 0 Å². The van der Waals surface area contributed by atoms with Gasteiger partial charge in [0.15, 0.2) is 0 Å². The largest absolute Gasteiger partial charge is 0.494 e. The number of rotatable bonds is 17. The molecule has 0 saturated heterocycles. The molecular weight excluding hydrogens is 516 g/mol. The summed E-state index contributed by atoms with van der Waals surface area (Å²) in [5.41, 5.74) is 3.19. The number of Topliss-reactive ketones (excluding diaryl/α,β-unsaturated/α-hetero) is 1. The first-order valence-corrected chi connectivity index (χ1v) is 15.5. The molecule has 0 radical (unpaired) electrons. The van der Waals surface area contributed by atoms with Crippen LogP contribution in [0.5, 0.6) is 5.75 Å². The summed E-state index contributed by atoms with van der Waals surface area (Å²) in [6.07, 6.45) is 18.4. The van der Waals surface area contributed by atoms with Crippen molar-refractivity contribution in [1.82, 2.24) is 0 Å². The third kappa shape index (κ3) is 9.80. The maximum absolute atomic E-state index is 13.0. The van der Waals surface area contributed by atoms with E-state index in [4.69, 9.17) is 4.74 Å². The topological polar surface area (TPSA) is 26.3 Å². The SMILES string of the molecule is CCCCCCc1ccc2c(c1)C(=O)/C(=C\c1ccc(OCCCCCCCCCCBr)cc1)S2. The summed E-state index contributed by atoms with van der Waals surface area (Å²) in [4.78, 5) is 14.9. The summed E-state index contributed by atoms with van der Waals surface area (Å²) in [6, 6.07) is 14.5. The maximum atomic E-state index is 13.0. The van der Waals surface area contributed by atoms with Gasteiger partial charge in [-0.05, 0) is 67.2 Å². The van der Waals surface area contributed by atoms with Crippen molar-refractivity contribution in [2.75, 3.05) is 11.9 Å². The van der Waals surface area contributed by atoms with Crippen LogP contribution in [0.3, 0.4) is 0 Å². The number of aryl methyl sites for hydroxylation is 1. The monoisotopic (exact) mass is 556 g/mol. The summed E-state index contributed by atoms with van der Waals surface area (Å²) in [5.74, 6) is 1.06. The van der Waals surface area contributed by atoms with Crippen molar-refractivity contribution in [3.63, 3.8) is 0 Å². The maximum Gasteiger partial charge on any atom is 0.200 e. The minimum Gasteiger partial charge on any atom is -0.494 e. The molecule has 0 atom stereocenters. The lowest BCUT2D eigenvalue weighted by Gasteiger charge is -2.07. The number of benzene rings is 2. The van der Waals surface area contributed by atoms with Gasteiger partial charge in [-0.2, -0.15) is 0 Å². The van der Waals surface area contributed by atoms with Crippen LogP contribution >= 0.6 is 27.7 Å². The van der Waals surface area contributed by atoms with Crippen molar-refractivity contribution >= 4 is 39.6 Å². The van der Waals surface area contributed by atoms with Gasteiger partial charge in [-0.3, -0.25) is 4.79 Å². The van der Waals surface area contributed by atoms with Crippen molar-refractivity contribution < 1.29 is 9.53 Å². The lowest BCUT2D eigenvalue weighted by molar-refractivity contribution is 0.104. The molecule has 0 spiro atoms.